The zero-order valence-electron chi connectivity index (χ0n) is 11.2. The van der Waals surface area contributed by atoms with Crippen molar-refractivity contribution in [3.8, 4) is 0 Å². The van der Waals surface area contributed by atoms with Crippen LogP contribution in [0.3, 0.4) is 0 Å². The molecule has 0 radical (unpaired) electrons. The molecule has 0 bridgehead atoms. The van der Waals surface area contributed by atoms with Gasteiger partial charge < -0.3 is 15.7 Å². The molecule has 1 aromatic rings. The summed E-state index contributed by atoms with van der Waals surface area (Å²) < 4.78 is 25.2. The van der Waals surface area contributed by atoms with Crippen LogP contribution in [0.15, 0.2) is 24.3 Å². The Labute approximate surface area is 120 Å². The van der Waals surface area contributed by atoms with Gasteiger partial charge in [0.25, 0.3) is 0 Å². The molecule has 1 aromatic carbocycles. The number of alkyl halides is 2. The molecule has 3 N–H and O–H groups in total. The average molecular weight is 298 g/mol. The topological polar surface area (TPSA) is 78.4 Å². The number of carbonyl (C=O) groups is 2. The summed E-state index contributed by atoms with van der Waals surface area (Å²) in [6.45, 7) is 0.478. The van der Waals surface area contributed by atoms with Gasteiger partial charge in [-0.3, -0.25) is 0 Å². The summed E-state index contributed by atoms with van der Waals surface area (Å²) in [6.07, 6.45) is -0.353. The molecule has 7 heteroatoms. The van der Waals surface area contributed by atoms with Crippen molar-refractivity contribution >= 4 is 12.0 Å². The Morgan fingerprint density at radius 1 is 1.19 bits per heavy atom. The number of carbonyl (C=O) groups excluding carboxylic acids is 1. The number of halogens is 2. The van der Waals surface area contributed by atoms with Crippen molar-refractivity contribution in [2.45, 2.75) is 25.3 Å². The number of carboxylic acid groups (broad SMARTS) is 1. The van der Waals surface area contributed by atoms with Gasteiger partial charge >= 0.3 is 12.0 Å². The van der Waals surface area contributed by atoms with Gasteiger partial charge in [-0.05, 0) is 23.6 Å². The molecule has 114 valence electrons. The van der Waals surface area contributed by atoms with Crippen molar-refractivity contribution in [3.05, 3.63) is 35.4 Å². The van der Waals surface area contributed by atoms with Crippen LogP contribution in [-0.4, -0.2) is 29.6 Å². The Bertz CT molecular complexity index is 524. The van der Waals surface area contributed by atoms with E-state index < -0.39 is 17.9 Å². The highest BCUT2D eigenvalue weighted by molar-refractivity contribution is 5.87. The Hall–Kier alpha value is -2.18. The maximum Gasteiger partial charge on any atom is 0.335 e. The lowest BCUT2D eigenvalue weighted by molar-refractivity contribution is -0.108. The molecule has 0 saturated heterocycles. The second-order valence-corrected chi connectivity index (χ2v) is 5.20. The van der Waals surface area contributed by atoms with Crippen LogP contribution in [0.25, 0.3) is 0 Å². The number of nitrogens with one attached hydrogen (secondary N) is 2. The Balaban J connectivity index is 1.68. The lowest BCUT2D eigenvalue weighted by Crippen LogP contribution is -2.45. The first kappa shape index (κ1) is 15.2. The van der Waals surface area contributed by atoms with Crippen LogP contribution in [0.4, 0.5) is 13.6 Å². The first-order valence-electron chi connectivity index (χ1n) is 6.57. The molecule has 0 unspecified atom stereocenters. The van der Waals surface area contributed by atoms with Crippen LogP contribution < -0.4 is 10.6 Å². The monoisotopic (exact) mass is 298 g/mol. The van der Waals surface area contributed by atoms with Crippen molar-refractivity contribution in [3.63, 3.8) is 0 Å². The lowest BCUT2D eigenvalue weighted by atomic mass is 9.81. The van der Waals surface area contributed by atoms with E-state index in [0.29, 0.717) is 0 Å². The van der Waals surface area contributed by atoms with Gasteiger partial charge in [-0.1, -0.05) is 12.1 Å². The molecular weight excluding hydrogens is 282 g/mol. The number of rotatable bonds is 5. The molecule has 0 aromatic heterocycles. The number of hydrogen-bond acceptors (Lipinski definition) is 2. The minimum atomic E-state index is -2.57. The van der Waals surface area contributed by atoms with Crippen LogP contribution >= 0.6 is 0 Å². The van der Waals surface area contributed by atoms with E-state index in [-0.39, 0.29) is 37.4 Å². The van der Waals surface area contributed by atoms with Crippen molar-refractivity contribution in [1.29, 1.82) is 0 Å². The number of benzene rings is 1. The number of amides is 2. The summed E-state index contributed by atoms with van der Waals surface area (Å²) >= 11 is 0. The summed E-state index contributed by atoms with van der Waals surface area (Å²) in [5.41, 5.74) is 0.930. The van der Waals surface area contributed by atoms with Gasteiger partial charge in [0.2, 0.25) is 5.92 Å². The smallest absolute Gasteiger partial charge is 0.335 e. The highest BCUT2D eigenvalue weighted by Gasteiger charge is 2.44. The Morgan fingerprint density at radius 3 is 2.33 bits per heavy atom. The third-order valence-corrected chi connectivity index (χ3v) is 3.38. The molecule has 0 heterocycles. The summed E-state index contributed by atoms with van der Waals surface area (Å²) in [7, 11) is 0. The third-order valence-electron chi connectivity index (χ3n) is 3.38. The molecule has 1 fully saturated rings. The van der Waals surface area contributed by atoms with Crippen LogP contribution in [0, 0.1) is 5.92 Å². The second kappa shape index (κ2) is 6.07. The van der Waals surface area contributed by atoms with E-state index in [0.717, 1.165) is 5.56 Å². The summed E-state index contributed by atoms with van der Waals surface area (Å²) in [4.78, 5) is 22.2. The SMILES string of the molecule is O=C(NCc1ccc(C(=O)O)cc1)NCC1CC(F)(F)C1. The fourth-order valence-corrected chi connectivity index (χ4v) is 2.18. The van der Waals surface area contributed by atoms with Crippen LogP contribution in [0.1, 0.15) is 28.8 Å². The standard InChI is InChI=1S/C14H16F2N2O3/c15-14(16)5-10(6-14)8-18-13(21)17-7-9-1-3-11(4-2-9)12(19)20/h1-4,10H,5-8H2,(H,19,20)(H2,17,18,21). The quantitative estimate of drug-likeness (QED) is 0.780. The van der Waals surface area contributed by atoms with Crippen LogP contribution in [0.2, 0.25) is 0 Å². The van der Waals surface area contributed by atoms with Gasteiger partial charge in [-0.15, -0.1) is 0 Å². The molecule has 2 amide bonds. The summed E-state index contributed by atoms with van der Waals surface area (Å²) in [5.74, 6) is -3.75. The van der Waals surface area contributed by atoms with E-state index >= 15 is 0 Å². The number of aromatic carboxylic acids is 1. The molecular formula is C14H16F2N2O3. The highest BCUT2D eigenvalue weighted by atomic mass is 19.3. The Kier molecular flexibility index (Phi) is 4.40. The van der Waals surface area contributed by atoms with Gasteiger partial charge in [-0.2, -0.15) is 0 Å². The molecule has 1 aliphatic carbocycles. The molecule has 0 aliphatic heterocycles. The van der Waals surface area contributed by atoms with Crippen molar-refractivity contribution in [2.24, 2.45) is 5.92 Å². The van der Waals surface area contributed by atoms with E-state index in [1.165, 1.54) is 12.1 Å². The van der Waals surface area contributed by atoms with Crippen LogP contribution in [-0.2, 0) is 6.54 Å². The minimum Gasteiger partial charge on any atom is -0.478 e. The van der Waals surface area contributed by atoms with Gasteiger partial charge in [0.15, 0.2) is 0 Å². The third kappa shape index (κ3) is 4.40. The van der Waals surface area contributed by atoms with Crippen molar-refractivity contribution < 1.29 is 23.5 Å². The molecule has 5 nitrogen and oxygen atoms in total. The van der Waals surface area contributed by atoms with Gasteiger partial charge in [0.1, 0.15) is 0 Å². The van der Waals surface area contributed by atoms with Gasteiger partial charge in [0.05, 0.1) is 5.56 Å². The highest BCUT2D eigenvalue weighted by Crippen LogP contribution is 2.41. The lowest BCUT2D eigenvalue weighted by Gasteiger charge is -2.34. The van der Waals surface area contributed by atoms with E-state index in [1.54, 1.807) is 12.1 Å². The van der Waals surface area contributed by atoms with Gasteiger partial charge in [0, 0.05) is 25.9 Å². The molecule has 1 aliphatic rings. The zero-order chi connectivity index (χ0) is 15.5. The Morgan fingerprint density at radius 2 is 1.81 bits per heavy atom. The maximum atomic E-state index is 12.6. The average Bonchev–Trinajstić information content (AvgIpc) is 2.40. The first-order chi connectivity index (χ1) is 9.85. The number of urea groups is 1. The fourth-order valence-electron chi connectivity index (χ4n) is 2.18. The van der Waals surface area contributed by atoms with E-state index in [2.05, 4.69) is 10.6 Å². The fraction of sp³-hybridized carbons (Fsp3) is 0.429. The molecule has 1 saturated carbocycles. The van der Waals surface area contributed by atoms with E-state index in [9.17, 15) is 18.4 Å². The second-order valence-electron chi connectivity index (χ2n) is 5.20. The predicted molar refractivity (Wildman–Crippen MR) is 71.3 cm³/mol. The molecule has 0 spiro atoms. The first-order valence-corrected chi connectivity index (χ1v) is 6.57. The van der Waals surface area contributed by atoms with E-state index in [4.69, 9.17) is 5.11 Å². The minimum absolute atomic E-state index is 0.166. The normalized spacial score (nSPS) is 16.9. The number of hydrogen-bond donors (Lipinski definition) is 3. The van der Waals surface area contributed by atoms with E-state index in [1.807, 2.05) is 0 Å². The van der Waals surface area contributed by atoms with Crippen molar-refractivity contribution in [1.82, 2.24) is 10.6 Å². The summed E-state index contributed by atoms with van der Waals surface area (Å²) in [6, 6.07) is 5.70. The summed E-state index contributed by atoms with van der Waals surface area (Å²) in [5, 5.41) is 13.9. The molecule has 21 heavy (non-hydrogen) atoms. The number of carboxylic acids is 1. The van der Waals surface area contributed by atoms with Crippen molar-refractivity contribution in [2.75, 3.05) is 6.54 Å². The predicted octanol–water partition coefficient (Wildman–Crippen LogP) is 2.23. The maximum absolute atomic E-state index is 12.6. The molecule has 0 atom stereocenters. The molecule has 2 rings (SSSR count). The largest absolute Gasteiger partial charge is 0.478 e. The zero-order valence-corrected chi connectivity index (χ0v) is 11.2. The van der Waals surface area contributed by atoms with Gasteiger partial charge in [-0.25, -0.2) is 18.4 Å². The van der Waals surface area contributed by atoms with Crippen LogP contribution in [0.5, 0.6) is 0 Å².